The van der Waals surface area contributed by atoms with E-state index in [9.17, 15) is 9.18 Å². The molecule has 9 nitrogen and oxygen atoms in total. The SMILES string of the molecule is O=C(Nc1ncn(Cc2cccc(F)c2)n1)c1ccn(Cn2cc(Br)cn2)n1. The van der Waals surface area contributed by atoms with Crippen LogP contribution < -0.4 is 5.32 Å². The van der Waals surface area contributed by atoms with Crippen molar-refractivity contribution >= 4 is 27.8 Å². The van der Waals surface area contributed by atoms with Crippen LogP contribution in [-0.4, -0.2) is 40.2 Å². The Labute approximate surface area is 166 Å². The zero-order valence-electron chi connectivity index (χ0n) is 14.4. The van der Waals surface area contributed by atoms with Gasteiger partial charge in [0.15, 0.2) is 5.69 Å². The molecule has 0 spiro atoms. The summed E-state index contributed by atoms with van der Waals surface area (Å²) in [6, 6.07) is 7.81. The van der Waals surface area contributed by atoms with Gasteiger partial charge < -0.3 is 0 Å². The quantitative estimate of drug-likeness (QED) is 0.492. The van der Waals surface area contributed by atoms with Crippen molar-refractivity contribution in [2.24, 2.45) is 0 Å². The Balaban J connectivity index is 1.38. The molecule has 0 unspecified atom stereocenters. The highest BCUT2D eigenvalue weighted by Gasteiger charge is 2.13. The number of halogens is 2. The van der Waals surface area contributed by atoms with Gasteiger partial charge in [-0.3, -0.25) is 14.8 Å². The molecule has 0 fully saturated rings. The van der Waals surface area contributed by atoms with Crippen LogP contribution >= 0.6 is 15.9 Å². The zero-order chi connectivity index (χ0) is 19.5. The highest BCUT2D eigenvalue weighted by atomic mass is 79.9. The smallest absolute Gasteiger partial charge is 0.278 e. The lowest BCUT2D eigenvalue weighted by atomic mass is 10.2. The highest BCUT2D eigenvalue weighted by Crippen LogP contribution is 2.08. The largest absolute Gasteiger partial charge is 0.288 e. The minimum atomic E-state index is -0.427. The van der Waals surface area contributed by atoms with E-state index in [4.69, 9.17) is 0 Å². The Kier molecular flexibility index (Phi) is 4.98. The summed E-state index contributed by atoms with van der Waals surface area (Å²) >= 11 is 3.33. The first-order chi connectivity index (χ1) is 13.5. The van der Waals surface area contributed by atoms with Gasteiger partial charge in [0.25, 0.3) is 5.91 Å². The van der Waals surface area contributed by atoms with E-state index in [2.05, 4.69) is 41.5 Å². The molecule has 11 heteroatoms. The molecule has 142 valence electrons. The van der Waals surface area contributed by atoms with Gasteiger partial charge in [0, 0.05) is 12.4 Å². The number of aromatic nitrogens is 7. The Morgan fingerprint density at radius 2 is 2.07 bits per heavy atom. The summed E-state index contributed by atoms with van der Waals surface area (Å²) in [6.45, 7) is 0.716. The van der Waals surface area contributed by atoms with Crippen LogP contribution in [0.3, 0.4) is 0 Å². The summed E-state index contributed by atoms with van der Waals surface area (Å²) in [6.07, 6.45) is 6.62. The number of hydrogen-bond donors (Lipinski definition) is 1. The lowest BCUT2D eigenvalue weighted by Gasteiger charge is -2.02. The van der Waals surface area contributed by atoms with E-state index in [0.29, 0.717) is 13.2 Å². The van der Waals surface area contributed by atoms with Crippen molar-refractivity contribution in [2.45, 2.75) is 13.2 Å². The minimum absolute atomic E-state index is 0.145. The van der Waals surface area contributed by atoms with Crippen LogP contribution in [0.15, 0.2) is 59.7 Å². The van der Waals surface area contributed by atoms with E-state index in [0.717, 1.165) is 10.0 Å². The molecule has 0 aliphatic heterocycles. The molecule has 0 radical (unpaired) electrons. The van der Waals surface area contributed by atoms with Gasteiger partial charge in [-0.2, -0.15) is 10.2 Å². The van der Waals surface area contributed by atoms with Crippen molar-refractivity contribution in [3.05, 3.63) is 76.8 Å². The monoisotopic (exact) mass is 444 g/mol. The average Bonchev–Trinajstić information content (AvgIpc) is 3.38. The summed E-state index contributed by atoms with van der Waals surface area (Å²) < 4.78 is 18.9. The molecule has 3 heterocycles. The van der Waals surface area contributed by atoms with Gasteiger partial charge in [-0.25, -0.2) is 18.7 Å². The maximum atomic E-state index is 13.3. The first-order valence-corrected chi connectivity index (χ1v) is 9.01. The third kappa shape index (κ3) is 4.31. The third-order valence-corrected chi connectivity index (χ3v) is 4.17. The van der Waals surface area contributed by atoms with Gasteiger partial charge in [-0.1, -0.05) is 12.1 Å². The first-order valence-electron chi connectivity index (χ1n) is 8.22. The topological polar surface area (TPSA) is 95.5 Å². The third-order valence-electron chi connectivity index (χ3n) is 3.76. The lowest BCUT2D eigenvalue weighted by Crippen LogP contribution is -2.16. The fourth-order valence-corrected chi connectivity index (χ4v) is 2.87. The molecular formula is C17H14BrFN8O. The number of amides is 1. The van der Waals surface area contributed by atoms with Crippen molar-refractivity contribution < 1.29 is 9.18 Å². The Hall–Kier alpha value is -3.34. The van der Waals surface area contributed by atoms with Crippen LogP contribution in [0.25, 0.3) is 0 Å². The summed E-state index contributed by atoms with van der Waals surface area (Å²) in [5, 5.41) is 15.1. The van der Waals surface area contributed by atoms with E-state index in [-0.39, 0.29) is 17.5 Å². The lowest BCUT2D eigenvalue weighted by molar-refractivity contribution is 0.102. The Morgan fingerprint density at radius 3 is 2.86 bits per heavy atom. The van der Waals surface area contributed by atoms with Crippen molar-refractivity contribution in [2.75, 3.05) is 5.32 Å². The second-order valence-electron chi connectivity index (χ2n) is 5.93. The molecule has 1 N–H and O–H groups in total. The van der Waals surface area contributed by atoms with E-state index in [1.54, 1.807) is 46.2 Å². The molecule has 0 saturated heterocycles. The number of benzene rings is 1. The van der Waals surface area contributed by atoms with Crippen LogP contribution in [0.2, 0.25) is 0 Å². The Bertz CT molecular complexity index is 1120. The van der Waals surface area contributed by atoms with Gasteiger partial charge in [0.05, 0.1) is 17.2 Å². The van der Waals surface area contributed by atoms with Crippen molar-refractivity contribution in [1.82, 2.24) is 34.3 Å². The van der Waals surface area contributed by atoms with Crippen LogP contribution in [0, 0.1) is 5.82 Å². The molecule has 28 heavy (non-hydrogen) atoms. The maximum absolute atomic E-state index is 13.3. The van der Waals surface area contributed by atoms with Gasteiger partial charge in [0.1, 0.15) is 18.8 Å². The number of anilines is 1. The molecule has 3 aromatic heterocycles. The van der Waals surface area contributed by atoms with Crippen molar-refractivity contribution in [3.8, 4) is 0 Å². The number of hydrogen-bond acceptors (Lipinski definition) is 5. The number of carbonyl (C=O) groups is 1. The zero-order valence-corrected chi connectivity index (χ0v) is 16.0. The maximum Gasteiger partial charge on any atom is 0.278 e. The van der Waals surface area contributed by atoms with E-state index >= 15 is 0 Å². The molecule has 0 bridgehead atoms. The summed E-state index contributed by atoms with van der Waals surface area (Å²) in [4.78, 5) is 16.4. The van der Waals surface area contributed by atoms with Gasteiger partial charge in [0.2, 0.25) is 5.95 Å². The number of rotatable bonds is 6. The fourth-order valence-electron chi connectivity index (χ4n) is 2.54. The highest BCUT2D eigenvalue weighted by molar-refractivity contribution is 9.10. The van der Waals surface area contributed by atoms with Gasteiger partial charge >= 0.3 is 0 Å². The summed E-state index contributed by atoms with van der Waals surface area (Å²) in [5.74, 6) is -0.597. The molecule has 0 atom stereocenters. The molecule has 1 aromatic carbocycles. The molecule has 0 aliphatic carbocycles. The number of nitrogens with one attached hydrogen (secondary N) is 1. The first kappa shape index (κ1) is 18.0. The molecule has 0 saturated carbocycles. The van der Waals surface area contributed by atoms with Crippen molar-refractivity contribution in [1.29, 1.82) is 0 Å². The molecule has 4 aromatic rings. The average molecular weight is 445 g/mol. The second kappa shape index (κ2) is 7.72. The normalized spacial score (nSPS) is 10.9. The van der Waals surface area contributed by atoms with Crippen molar-refractivity contribution in [3.63, 3.8) is 0 Å². The standard InChI is InChI=1S/C17H14BrFN8O/c18-13-7-21-27(9-13)11-25-5-4-15(23-25)16(28)22-17-20-10-26(24-17)8-12-2-1-3-14(19)6-12/h1-7,9-10H,8,11H2,(H,22,24,28). The van der Waals surface area contributed by atoms with Crippen LogP contribution in [0.5, 0.6) is 0 Å². The van der Waals surface area contributed by atoms with E-state index in [1.165, 1.54) is 23.1 Å². The molecule has 1 amide bonds. The number of carbonyl (C=O) groups excluding carboxylic acids is 1. The van der Waals surface area contributed by atoms with E-state index < -0.39 is 5.91 Å². The Morgan fingerprint density at radius 1 is 1.18 bits per heavy atom. The van der Waals surface area contributed by atoms with E-state index in [1.807, 2.05) is 0 Å². The second-order valence-corrected chi connectivity index (χ2v) is 6.85. The molecule has 4 rings (SSSR count). The predicted octanol–water partition coefficient (Wildman–Crippen LogP) is 2.38. The molecule has 0 aliphatic rings. The summed E-state index contributed by atoms with van der Waals surface area (Å²) in [7, 11) is 0. The minimum Gasteiger partial charge on any atom is -0.288 e. The predicted molar refractivity (Wildman–Crippen MR) is 101 cm³/mol. The van der Waals surface area contributed by atoms with Crippen LogP contribution in [0.1, 0.15) is 16.1 Å². The van der Waals surface area contributed by atoms with Gasteiger partial charge in [-0.15, -0.1) is 5.10 Å². The van der Waals surface area contributed by atoms with Crippen LogP contribution in [-0.2, 0) is 13.2 Å². The molecular weight excluding hydrogens is 431 g/mol. The van der Waals surface area contributed by atoms with Gasteiger partial charge in [-0.05, 0) is 39.7 Å². The fraction of sp³-hybridized carbons (Fsp3) is 0.118. The number of nitrogens with zero attached hydrogens (tertiary/aromatic N) is 7. The van der Waals surface area contributed by atoms with Crippen LogP contribution in [0.4, 0.5) is 10.3 Å². The summed E-state index contributed by atoms with van der Waals surface area (Å²) in [5.41, 5.74) is 0.972.